The topological polar surface area (TPSA) is 123 Å². The number of likely N-dealkylation sites (tertiary alicyclic amines) is 1. The molecule has 3 atom stereocenters. The molecule has 1 aromatic carbocycles. The number of rotatable bonds is 8. The maximum atomic E-state index is 14.8. The van der Waals surface area contributed by atoms with Crippen LogP contribution in [0.4, 0.5) is 4.39 Å². The first-order chi connectivity index (χ1) is 21.2. The number of aliphatic imine (C=N–C) groups is 1. The number of nitrogens with one attached hydrogen (secondary N) is 1. The van der Waals surface area contributed by atoms with Gasteiger partial charge in [0.1, 0.15) is 23.5 Å². The zero-order valence-electron chi connectivity index (χ0n) is 26.7. The third kappa shape index (κ3) is 6.80. The molecule has 0 radical (unpaired) electrons. The lowest BCUT2D eigenvalue weighted by Crippen LogP contribution is -2.54. The predicted molar refractivity (Wildman–Crippen MR) is 166 cm³/mol. The number of amides is 1. The Morgan fingerprint density at radius 1 is 1.22 bits per heavy atom. The van der Waals surface area contributed by atoms with Gasteiger partial charge in [-0.1, -0.05) is 12.1 Å². The number of amidine groups is 1. The third-order valence-corrected chi connectivity index (χ3v) is 8.87. The Kier molecular flexibility index (Phi) is 9.16. The van der Waals surface area contributed by atoms with Crippen molar-refractivity contribution in [3.63, 3.8) is 0 Å². The van der Waals surface area contributed by atoms with E-state index >= 15 is 0 Å². The molecular weight excluding hydrogens is 601 g/mol. The van der Waals surface area contributed by atoms with Gasteiger partial charge in [0.25, 0.3) is 0 Å². The Hall–Kier alpha value is -3.68. The fourth-order valence-electron chi connectivity index (χ4n) is 5.89. The second-order valence-corrected chi connectivity index (χ2v) is 14.0. The fourth-order valence-corrected chi connectivity index (χ4v) is 6.48. The second kappa shape index (κ2) is 12.6. The van der Waals surface area contributed by atoms with Crippen molar-refractivity contribution < 1.29 is 33.0 Å². The number of hydrogen-bond donors (Lipinski definition) is 1. The van der Waals surface area contributed by atoms with Crippen LogP contribution >= 0.6 is 11.3 Å². The van der Waals surface area contributed by atoms with Gasteiger partial charge in [0.2, 0.25) is 5.91 Å². The molecule has 2 aromatic rings. The number of carbonyl (C=O) groups is 3. The first kappa shape index (κ1) is 32.7. The number of ether oxygens (including phenoxy) is 3. The number of esters is 2. The lowest BCUT2D eigenvalue weighted by atomic mass is 9.92. The number of nitrogens with zero attached hydrogens (tertiary/aromatic N) is 4. The highest BCUT2D eigenvalue weighted by Crippen LogP contribution is 2.36. The van der Waals surface area contributed by atoms with Crippen molar-refractivity contribution in [2.75, 3.05) is 39.9 Å². The minimum absolute atomic E-state index is 0.166. The molecule has 3 aliphatic heterocycles. The van der Waals surface area contributed by atoms with E-state index in [1.165, 1.54) is 24.5 Å². The molecule has 1 N–H and O–H groups in total. The standard InChI is InChI=1S/C32H40FN5O6S/c1-18-19(9-8-10-20(18)33)24-23(29(40)42-7)21(35-26(36-24)27-34-11-14-45-27)15-37-12-13-43-22-16-38(28(39)25(22)37)17-32(5,6)30(41)44-31(2,3)4/h8-11,14,22,24-25H,12-13,15-17H2,1-7H3,(H,35,36)/t22-,24-,25-/m0/s1. The van der Waals surface area contributed by atoms with Gasteiger partial charge in [0.05, 0.1) is 30.8 Å². The van der Waals surface area contributed by atoms with Crippen LogP contribution in [0.2, 0.25) is 0 Å². The Bertz CT molecular complexity index is 1530. The highest BCUT2D eigenvalue weighted by Gasteiger charge is 2.49. The molecule has 0 saturated carbocycles. The smallest absolute Gasteiger partial charge is 0.338 e. The molecule has 242 valence electrons. The van der Waals surface area contributed by atoms with Gasteiger partial charge >= 0.3 is 11.9 Å². The van der Waals surface area contributed by atoms with Crippen LogP contribution < -0.4 is 5.32 Å². The Morgan fingerprint density at radius 2 is 1.98 bits per heavy atom. The molecule has 2 fully saturated rings. The van der Waals surface area contributed by atoms with Gasteiger partial charge in [-0.25, -0.2) is 14.2 Å². The number of benzene rings is 1. The lowest BCUT2D eigenvalue weighted by molar-refractivity contribution is -0.167. The summed E-state index contributed by atoms with van der Waals surface area (Å²) in [5.74, 6) is -1.15. The fraction of sp³-hybridized carbons (Fsp3) is 0.531. The van der Waals surface area contributed by atoms with E-state index in [-0.39, 0.29) is 30.5 Å². The molecular formula is C32H40FN5O6S. The summed E-state index contributed by atoms with van der Waals surface area (Å²) >= 11 is 1.37. The van der Waals surface area contributed by atoms with E-state index in [0.29, 0.717) is 47.4 Å². The molecule has 0 unspecified atom stereocenters. The van der Waals surface area contributed by atoms with Crippen molar-refractivity contribution >= 4 is 35.0 Å². The summed E-state index contributed by atoms with van der Waals surface area (Å²) in [6.45, 7) is 12.1. The number of methoxy groups -OCH3 is 1. The third-order valence-electron chi connectivity index (χ3n) is 8.09. The second-order valence-electron chi connectivity index (χ2n) is 13.1. The maximum Gasteiger partial charge on any atom is 0.338 e. The lowest BCUT2D eigenvalue weighted by Gasteiger charge is -2.37. The van der Waals surface area contributed by atoms with Crippen molar-refractivity contribution in [1.29, 1.82) is 0 Å². The summed E-state index contributed by atoms with van der Waals surface area (Å²) in [5, 5.41) is 5.72. The molecule has 0 spiro atoms. The summed E-state index contributed by atoms with van der Waals surface area (Å²) < 4.78 is 31.6. The average Bonchev–Trinajstić information content (AvgIpc) is 3.62. The normalized spacial score (nSPS) is 22.6. The molecule has 4 heterocycles. The SMILES string of the molecule is COC(=O)C1=C(CN2CCO[C@H]3CN(CC(C)(C)C(=O)OC(C)(C)C)C(=O)[C@H]32)NC(c2nccs2)=N[C@H]1c1cccc(F)c1C. The summed E-state index contributed by atoms with van der Waals surface area (Å²) in [7, 11) is 1.29. The van der Waals surface area contributed by atoms with E-state index in [4.69, 9.17) is 19.2 Å². The van der Waals surface area contributed by atoms with Crippen LogP contribution in [0.25, 0.3) is 0 Å². The van der Waals surface area contributed by atoms with Gasteiger partial charge in [0.15, 0.2) is 10.8 Å². The molecule has 1 aromatic heterocycles. The van der Waals surface area contributed by atoms with Crippen LogP contribution in [0.5, 0.6) is 0 Å². The monoisotopic (exact) mass is 641 g/mol. The summed E-state index contributed by atoms with van der Waals surface area (Å²) in [5.41, 5.74) is 0.00312. The van der Waals surface area contributed by atoms with E-state index in [0.717, 1.165) is 0 Å². The molecule has 2 saturated heterocycles. The van der Waals surface area contributed by atoms with Crippen molar-refractivity contribution in [3.05, 3.63) is 63.0 Å². The van der Waals surface area contributed by atoms with E-state index in [1.807, 2.05) is 31.1 Å². The van der Waals surface area contributed by atoms with Gasteiger partial charge in [0, 0.05) is 43.5 Å². The molecule has 1 amide bonds. The summed E-state index contributed by atoms with van der Waals surface area (Å²) in [6, 6.07) is 3.18. The number of halogens is 1. The minimum atomic E-state index is -0.943. The minimum Gasteiger partial charge on any atom is -0.466 e. The van der Waals surface area contributed by atoms with Crippen molar-refractivity contribution in [2.45, 2.75) is 65.3 Å². The van der Waals surface area contributed by atoms with E-state index in [1.54, 1.807) is 44.0 Å². The zero-order valence-corrected chi connectivity index (χ0v) is 27.5. The number of fused-ring (bicyclic) bond motifs is 1. The largest absolute Gasteiger partial charge is 0.466 e. The van der Waals surface area contributed by atoms with Crippen molar-refractivity contribution in [1.82, 2.24) is 20.1 Å². The maximum absolute atomic E-state index is 14.8. The first-order valence-corrected chi connectivity index (χ1v) is 15.8. The number of morpholine rings is 1. The highest BCUT2D eigenvalue weighted by molar-refractivity contribution is 7.11. The predicted octanol–water partition coefficient (Wildman–Crippen LogP) is 3.39. The van der Waals surface area contributed by atoms with Crippen LogP contribution in [-0.4, -0.2) is 96.1 Å². The number of hydrogen-bond acceptors (Lipinski definition) is 11. The average molecular weight is 642 g/mol. The molecule has 3 aliphatic rings. The van der Waals surface area contributed by atoms with Crippen LogP contribution in [-0.2, 0) is 28.6 Å². The van der Waals surface area contributed by atoms with Gasteiger partial charge in [-0.2, -0.15) is 0 Å². The summed E-state index contributed by atoms with van der Waals surface area (Å²) in [4.78, 5) is 53.1. The van der Waals surface area contributed by atoms with Gasteiger partial charge in [-0.15, -0.1) is 11.3 Å². The molecule has 11 nitrogen and oxygen atoms in total. The summed E-state index contributed by atoms with van der Waals surface area (Å²) in [6.07, 6.45) is 1.23. The quantitative estimate of drug-likeness (QED) is 0.433. The van der Waals surface area contributed by atoms with Gasteiger partial charge in [-0.05, 0) is 58.7 Å². The van der Waals surface area contributed by atoms with Crippen LogP contribution in [0, 0.1) is 18.2 Å². The Balaban J connectivity index is 1.47. The molecule has 45 heavy (non-hydrogen) atoms. The molecule has 0 aliphatic carbocycles. The molecule has 0 bridgehead atoms. The number of aromatic nitrogens is 1. The van der Waals surface area contributed by atoms with Crippen molar-refractivity contribution in [3.8, 4) is 0 Å². The van der Waals surface area contributed by atoms with Gasteiger partial charge < -0.3 is 24.4 Å². The Labute approximate surface area is 266 Å². The van der Waals surface area contributed by atoms with E-state index in [2.05, 4.69) is 10.3 Å². The van der Waals surface area contributed by atoms with Crippen molar-refractivity contribution in [2.24, 2.45) is 10.4 Å². The Morgan fingerprint density at radius 3 is 2.64 bits per heavy atom. The van der Waals surface area contributed by atoms with E-state index in [9.17, 15) is 18.8 Å². The van der Waals surface area contributed by atoms with Crippen LogP contribution in [0.15, 0.2) is 46.0 Å². The molecule has 5 rings (SSSR count). The number of thiazole rings is 1. The van der Waals surface area contributed by atoms with Gasteiger partial charge in [-0.3, -0.25) is 19.5 Å². The highest BCUT2D eigenvalue weighted by atomic mass is 32.1. The first-order valence-electron chi connectivity index (χ1n) is 14.9. The number of carbonyl (C=O) groups excluding carboxylic acids is 3. The van der Waals surface area contributed by atoms with Crippen LogP contribution in [0.1, 0.15) is 56.8 Å². The van der Waals surface area contributed by atoms with E-state index < -0.39 is 41.0 Å². The molecule has 13 heteroatoms. The zero-order chi connectivity index (χ0) is 32.7. The van der Waals surface area contributed by atoms with Crippen LogP contribution in [0.3, 0.4) is 0 Å².